The van der Waals surface area contributed by atoms with E-state index in [1.54, 1.807) is 0 Å². The van der Waals surface area contributed by atoms with Crippen LogP contribution in [0, 0.1) is 5.41 Å². The molecule has 1 aliphatic heterocycles. The lowest BCUT2D eigenvalue weighted by atomic mass is 9.78. The Morgan fingerprint density at radius 3 is 2.22 bits per heavy atom. The Balaban J connectivity index is 1.48. The standard InChI is InChI=1S/C26H31ClN2O3/c27-22-10-8-21(9-11-22)25(20-6-2-1-3-7-20)28-23(30)18-26(12-4-5-13-26)19-24(31)29-14-16-32-17-15-29/h1-3,6-11,25H,4-5,12-19H2,(H,28,30)/t25-/m0/s1. The van der Waals surface area contributed by atoms with Crippen molar-refractivity contribution in [3.8, 4) is 0 Å². The van der Waals surface area contributed by atoms with Gasteiger partial charge in [0.15, 0.2) is 0 Å². The van der Waals surface area contributed by atoms with Crippen molar-refractivity contribution in [2.45, 2.75) is 44.6 Å². The maximum absolute atomic E-state index is 13.3. The molecule has 0 bridgehead atoms. The molecule has 2 aromatic rings. The molecular formula is C26H31ClN2O3. The number of amides is 2. The summed E-state index contributed by atoms with van der Waals surface area (Å²) in [7, 11) is 0. The molecule has 1 saturated carbocycles. The third-order valence-corrected chi connectivity index (χ3v) is 6.98. The summed E-state index contributed by atoms with van der Waals surface area (Å²) in [5.41, 5.74) is 1.76. The highest BCUT2D eigenvalue weighted by Gasteiger charge is 2.39. The zero-order valence-corrected chi connectivity index (χ0v) is 19.2. The van der Waals surface area contributed by atoms with Gasteiger partial charge in [-0.05, 0) is 41.5 Å². The molecule has 1 aliphatic carbocycles. The van der Waals surface area contributed by atoms with E-state index in [2.05, 4.69) is 5.32 Å². The van der Waals surface area contributed by atoms with Gasteiger partial charge in [-0.2, -0.15) is 0 Å². The van der Waals surface area contributed by atoms with Crippen LogP contribution in [0.3, 0.4) is 0 Å². The Morgan fingerprint density at radius 2 is 1.56 bits per heavy atom. The summed E-state index contributed by atoms with van der Waals surface area (Å²) in [6, 6.07) is 17.3. The van der Waals surface area contributed by atoms with Crippen LogP contribution in [-0.2, 0) is 14.3 Å². The van der Waals surface area contributed by atoms with Crippen molar-refractivity contribution >= 4 is 23.4 Å². The van der Waals surface area contributed by atoms with E-state index in [-0.39, 0.29) is 23.3 Å². The lowest BCUT2D eigenvalue weighted by Crippen LogP contribution is -2.43. The van der Waals surface area contributed by atoms with Crippen molar-refractivity contribution in [3.05, 3.63) is 70.7 Å². The fraction of sp³-hybridized carbons (Fsp3) is 0.462. The fourth-order valence-electron chi connectivity index (χ4n) is 5.00. The minimum atomic E-state index is -0.255. The summed E-state index contributed by atoms with van der Waals surface area (Å²) < 4.78 is 5.38. The second-order valence-corrected chi connectivity index (χ2v) is 9.45. The smallest absolute Gasteiger partial charge is 0.223 e. The third-order valence-electron chi connectivity index (χ3n) is 6.73. The molecule has 2 aromatic carbocycles. The van der Waals surface area contributed by atoms with Crippen LogP contribution in [0.2, 0.25) is 5.02 Å². The van der Waals surface area contributed by atoms with Gasteiger partial charge >= 0.3 is 0 Å². The van der Waals surface area contributed by atoms with Crippen molar-refractivity contribution in [2.75, 3.05) is 26.3 Å². The van der Waals surface area contributed by atoms with Crippen molar-refractivity contribution in [1.82, 2.24) is 10.2 Å². The normalized spacial score (nSPS) is 18.8. The number of rotatable bonds is 7. The minimum absolute atomic E-state index is 0.00881. The number of halogens is 1. The average molecular weight is 455 g/mol. The molecule has 170 valence electrons. The summed E-state index contributed by atoms with van der Waals surface area (Å²) >= 11 is 6.08. The number of hydrogen-bond acceptors (Lipinski definition) is 3. The molecule has 2 aliphatic rings. The molecule has 5 nitrogen and oxygen atoms in total. The van der Waals surface area contributed by atoms with Gasteiger partial charge in [-0.15, -0.1) is 0 Å². The van der Waals surface area contributed by atoms with E-state index in [1.807, 2.05) is 59.5 Å². The summed E-state index contributed by atoms with van der Waals surface area (Å²) in [4.78, 5) is 28.2. The number of morpholine rings is 1. The van der Waals surface area contributed by atoms with Crippen molar-refractivity contribution in [2.24, 2.45) is 5.41 Å². The van der Waals surface area contributed by atoms with Crippen LogP contribution in [0.1, 0.15) is 55.7 Å². The highest BCUT2D eigenvalue weighted by atomic mass is 35.5. The average Bonchev–Trinajstić information content (AvgIpc) is 3.27. The van der Waals surface area contributed by atoms with Gasteiger partial charge in [0.25, 0.3) is 0 Å². The van der Waals surface area contributed by atoms with Gasteiger partial charge in [0, 0.05) is 31.0 Å². The van der Waals surface area contributed by atoms with E-state index in [9.17, 15) is 9.59 Å². The molecule has 1 heterocycles. The highest BCUT2D eigenvalue weighted by molar-refractivity contribution is 6.30. The Kier molecular flexibility index (Phi) is 7.48. The van der Waals surface area contributed by atoms with Gasteiger partial charge in [0.05, 0.1) is 19.3 Å². The van der Waals surface area contributed by atoms with Gasteiger partial charge in [-0.1, -0.05) is 66.9 Å². The highest BCUT2D eigenvalue weighted by Crippen LogP contribution is 2.44. The Bertz CT molecular complexity index is 904. The molecule has 1 saturated heterocycles. The summed E-state index contributed by atoms with van der Waals surface area (Å²) in [6.07, 6.45) is 4.81. The van der Waals surface area contributed by atoms with Gasteiger partial charge in [-0.25, -0.2) is 0 Å². The second kappa shape index (κ2) is 10.5. The first-order valence-corrected chi connectivity index (χ1v) is 11.9. The molecular weight excluding hydrogens is 424 g/mol. The summed E-state index contributed by atoms with van der Waals surface area (Å²) in [6.45, 7) is 2.49. The topological polar surface area (TPSA) is 58.6 Å². The monoisotopic (exact) mass is 454 g/mol. The zero-order chi connectivity index (χ0) is 22.4. The molecule has 4 rings (SSSR count). The molecule has 2 amide bonds. The van der Waals surface area contributed by atoms with Gasteiger partial charge in [-0.3, -0.25) is 9.59 Å². The van der Waals surface area contributed by atoms with E-state index in [0.717, 1.165) is 36.8 Å². The van der Waals surface area contributed by atoms with E-state index in [0.29, 0.717) is 44.2 Å². The molecule has 0 aromatic heterocycles. The quantitative estimate of drug-likeness (QED) is 0.657. The van der Waals surface area contributed by atoms with E-state index >= 15 is 0 Å². The molecule has 32 heavy (non-hydrogen) atoms. The van der Waals surface area contributed by atoms with Crippen LogP contribution in [0.15, 0.2) is 54.6 Å². The Morgan fingerprint density at radius 1 is 0.938 bits per heavy atom. The molecule has 6 heteroatoms. The molecule has 1 N–H and O–H groups in total. The lowest BCUT2D eigenvalue weighted by molar-refractivity contribution is -0.138. The third kappa shape index (κ3) is 5.70. The van der Waals surface area contributed by atoms with Crippen LogP contribution in [-0.4, -0.2) is 43.0 Å². The maximum atomic E-state index is 13.3. The summed E-state index contributed by atoms with van der Waals surface area (Å²) in [5, 5.41) is 3.91. The number of nitrogens with one attached hydrogen (secondary N) is 1. The largest absolute Gasteiger partial charge is 0.378 e. The SMILES string of the molecule is O=C(CC1(CC(=O)N2CCOCC2)CCCC1)N[C@@H](c1ccccc1)c1ccc(Cl)cc1. The Hall–Kier alpha value is -2.37. The van der Waals surface area contributed by atoms with Gasteiger partial charge in [0.2, 0.25) is 11.8 Å². The van der Waals surface area contributed by atoms with Crippen LogP contribution in [0.25, 0.3) is 0 Å². The molecule has 0 radical (unpaired) electrons. The predicted octanol–water partition coefficient (Wildman–Crippen LogP) is 4.75. The van der Waals surface area contributed by atoms with Crippen LogP contribution < -0.4 is 5.32 Å². The second-order valence-electron chi connectivity index (χ2n) is 9.02. The van der Waals surface area contributed by atoms with Gasteiger partial charge < -0.3 is 15.0 Å². The van der Waals surface area contributed by atoms with E-state index < -0.39 is 0 Å². The minimum Gasteiger partial charge on any atom is -0.378 e. The van der Waals surface area contributed by atoms with E-state index in [4.69, 9.17) is 16.3 Å². The van der Waals surface area contributed by atoms with Crippen molar-refractivity contribution < 1.29 is 14.3 Å². The van der Waals surface area contributed by atoms with E-state index in [1.165, 1.54) is 0 Å². The molecule has 1 atom stereocenters. The number of carbonyl (C=O) groups excluding carboxylic acids is 2. The predicted molar refractivity (Wildman–Crippen MR) is 125 cm³/mol. The van der Waals surface area contributed by atoms with Crippen LogP contribution >= 0.6 is 11.6 Å². The summed E-state index contributed by atoms with van der Waals surface area (Å²) in [5.74, 6) is 0.144. The first kappa shape index (κ1) is 22.8. The first-order chi connectivity index (χ1) is 15.5. The number of ether oxygens (including phenoxy) is 1. The van der Waals surface area contributed by atoms with Gasteiger partial charge in [0.1, 0.15) is 0 Å². The number of nitrogens with zero attached hydrogens (tertiary/aromatic N) is 1. The lowest BCUT2D eigenvalue weighted by Gasteiger charge is -2.33. The van der Waals surface area contributed by atoms with Crippen molar-refractivity contribution in [3.63, 3.8) is 0 Å². The van der Waals surface area contributed by atoms with Crippen molar-refractivity contribution in [1.29, 1.82) is 0 Å². The number of hydrogen-bond donors (Lipinski definition) is 1. The number of carbonyl (C=O) groups is 2. The first-order valence-electron chi connectivity index (χ1n) is 11.5. The zero-order valence-electron chi connectivity index (χ0n) is 18.4. The van der Waals surface area contributed by atoms with Crippen LogP contribution in [0.5, 0.6) is 0 Å². The Labute approximate surface area is 195 Å². The molecule has 0 unspecified atom stereocenters. The maximum Gasteiger partial charge on any atom is 0.223 e. The number of benzene rings is 2. The molecule has 0 spiro atoms. The fourth-order valence-corrected chi connectivity index (χ4v) is 5.12. The van der Waals surface area contributed by atoms with Crippen LogP contribution in [0.4, 0.5) is 0 Å². The molecule has 2 fully saturated rings.